The van der Waals surface area contributed by atoms with Crippen LogP contribution in [-0.4, -0.2) is 48.2 Å². The van der Waals surface area contributed by atoms with Gasteiger partial charge in [-0.15, -0.1) is 0 Å². The van der Waals surface area contributed by atoms with E-state index in [4.69, 9.17) is 5.11 Å². The summed E-state index contributed by atoms with van der Waals surface area (Å²) in [6.45, 7) is 3.31. The van der Waals surface area contributed by atoms with E-state index in [0.717, 1.165) is 19.4 Å². The lowest BCUT2D eigenvalue weighted by Crippen LogP contribution is -2.46. The number of aliphatic carboxylic acids is 1. The highest BCUT2D eigenvalue weighted by Crippen LogP contribution is 2.14. The van der Waals surface area contributed by atoms with Crippen molar-refractivity contribution < 1.29 is 9.90 Å². The Labute approximate surface area is 78.9 Å². The number of carboxylic acid groups (broad SMARTS) is 1. The standard InChI is InChI=1S/C9H18N2O2/c1-7-5-8(3-4-11(7)2)10-6-9(12)13/h7-8,10H,3-6H2,1-2H3,(H,12,13). The van der Waals surface area contributed by atoms with E-state index < -0.39 is 5.97 Å². The van der Waals surface area contributed by atoms with Crippen LogP contribution in [0.4, 0.5) is 0 Å². The summed E-state index contributed by atoms with van der Waals surface area (Å²) in [5.74, 6) is -0.772. The van der Waals surface area contributed by atoms with E-state index in [1.807, 2.05) is 0 Å². The summed E-state index contributed by atoms with van der Waals surface area (Å²) in [6, 6.07) is 0.933. The summed E-state index contributed by atoms with van der Waals surface area (Å²) in [5.41, 5.74) is 0. The number of piperidine rings is 1. The van der Waals surface area contributed by atoms with Crippen molar-refractivity contribution in [3.05, 3.63) is 0 Å². The zero-order valence-electron chi connectivity index (χ0n) is 8.29. The number of rotatable bonds is 3. The monoisotopic (exact) mass is 186 g/mol. The lowest BCUT2D eigenvalue weighted by atomic mass is 9.99. The molecule has 13 heavy (non-hydrogen) atoms. The molecule has 2 N–H and O–H groups in total. The lowest BCUT2D eigenvalue weighted by Gasteiger charge is -2.35. The smallest absolute Gasteiger partial charge is 0.317 e. The molecule has 0 bridgehead atoms. The molecule has 0 aromatic carbocycles. The van der Waals surface area contributed by atoms with Crippen molar-refractivity contribution in [2.24, 2.45) is 0 Å². The van der Waals surface area contributed by atoms with Gasteiger partial charge in [-0.2, -0.15) is 0 Å². The Bertz CT molecular complexity index is 184. The molecule has 4 heteroatoms. The van der Waals surface area contributed by atoms with Crippen molar-refractivity contribution in [3.63, 3.8) is 0 Å². The second-order valence-electron chi connectivity index (χ2n) is 3.83. The molecule has 0 aromatic rings. The van der Waals surface area contributed by atoms with Gasteiger partial charge < -0.3 is 15.3 Å². The zero-order valence-corrected chi connectivity index (χ0v) is 8.29. The second-order valence-corrected chi connectivity index (χ2v) is 3.83. The molecule has 1 fully saturated rings. The van der Waals surface area contributed by atoms with Gasteiger partial charge in [-0.1, -0.05) is 0 Å². The van der Waals surface area contributed by atoms with Gasteiger partial charge in [-0.3, -0.25) is 4.79 Å². The Morgan fingerprint density at radius 3 is 2.92 bits per heavy atom. The third kappa shape index (κ3) is 3.32. The molecule has 1 rings (SSSR count). The quantitative estimate of drug-likeness (QED) is 0.658. The first-order valence-electron chi connectivity index (χ1n) is 4.75. The van der Waals surface area contributed by atoms with Crippen LogP contribution in [0.1, 0.15) is 19.8 Å². The fraction of sp³-hybridized carbons (Fsp3) is 0.889. The first-order valence-corrected chi connectivity index (χ1v) is 4.75. The number of nitrogens with one attached hydrogen (secondary N) is 1. The van der Waals surface area contributed by atoms with E-state index in [-0.39, 0.29) is 6.54 Å². The molecule has 2 atom stereocenters. The van der Waals surface area contributed by atoms with Gasteiger partial charge in [0.1, 0.15) is 0 Å². The molecule has 0 amide bonds. The van der Waals surface area contributed by atoms with Gasteiger partial charge in [0, 0.05) is 12.1 Å². The summed E-state index contributed by atoms with van der Waals surface area (Å²) in [4.78, 5) is 12.6. The van der Waals surface area contributed by atoms with Crippen molar-refractivity contribution >= 4 is 5.97 Å². The highest BCUT2D eigenvalue weighted by molar-refractivity contribution is 5.69. The number of nitrogens with zero attached hydrogens (tertiary/aromatic N) is 1. The fourth-order valence-corrected chi connectivity index (χ4v) is 1.71. The molecule has 0 aliphatic carbocycles. The second kappa shape index (κ2) is 4.58. The van der Waals surface area contributed by atoms with Crippen LogP contribution >= 0.6 is 0 Å². The number of hydrogen-bond donors (Lipinski definition) is 2. The van der Waals surface area contributed by atoms with Gasteiger partial charge in [0.25, 0.3) is 0 Å². The molecule has 2 unspecified atom stereocenters. The number of likely N-dealkylation sites (tertiary alicyclic amines) is 1. The molecule has 1 heterocycles. The van der Waals surface area contributed by atoms with Crippen molar-refractivity contribution in [1.29, 1.82) is 0 Å². The van der Waals surface area contributed by atoms with Crippen LogP contribution in [0.3, 0.4) is 0 Å². The molecule has 4 nitrogen and oxygen atoms in total. The average molecular weight is 186 g/mol. The molecule has 0 radical (unpaired) electrons. The van der Waals surface area contributed by atoms with E-state index in [1.54, 1.807) is 0 Å². The van der Waals surface area contributed by atoms with Crippen LogP contribution in [0.2, 0.25) is 0 Å². The molecule has 0 aromatic heterocycles. The Hall–Kier alpha value is -0.610. The number of carbonyl (C=O) groups is 1. The molecular weight excluding hydrogens is 168 g/mol. The molecule has 76 valence electrons. The van der Waals surface area contributed by atoms with Crippen LogP contribution in [-0.2, 0) is 4.79 Å². The third-order valence-corrected chi connectivity index (χ3v) is 2.75. The number of hydrogen-bond acceptors (Lipinski definition) is 3. The first kappa shape index (κ1) is 10.5. The summed E-state index contributed by atoms with van der Waals surface area (Å²) in [7, 11) is 2.11. The Kier molecular flexibility index (Phi) is 3.69. The zero-order chi connectivity index (χ0) is 9.84. The van der Waals surface area contributed by atoms with E-state index in [1.165, 1.54) is 0 Å². The highest BCUT2D eigenvalue weighted by Gasteiger charge is 2.22. The molecular formula is C9H18N2O2. The van der Waals surface area contributed by atoms with Crippen molar-refractivity contribution in [2.75, 3.05) is 20.1 Å². The fourth-order valence-electron chi connectivity index (χ4n) is 1.71. The minimum absolute atomic E-state index is 0.0844. The van der Waals surface area contributed by atoms with Crippen LogP contribution in [0, 0.1) is 0 Å². The maximum Gasteiger partial charge on any atom is 0.317 e. The SMILES string of the molecule is CC1CC(NCC(=O)O)CCN1C. The minimum atomic E-state index is -0.772. The third-order valence-electron chi connectivity index (χ3n) is 2.75. The van der Waals surface area contributed by atoms with Gasteiger partial charge in [-0.05, 0) is 33.4 Å². The van der Waals surface area contributed by atoms with Crippen molar-refractivity contribution in [2.45, 2.75) is 31.8 Å². The van der Waals surface area contributed by atoms with Gasteiger partial charge in [-0.25, -0.2) is 0 Å². The predicted molar refractivity (Wildman–Crippen MR) is 50.8 cm³/mol. The van der Waals surface area contributed by atoms with Crippen molar-refractivity contribution in [1.82, 2.24) is 10.2 Å². The Morgan fingerprint density at radius 2 is 2.38 bits per heavy atom. The van der Waals surface area contributed by atoms with Gasteiger partial charge in [0.05, 0.1) is 6.54 Å². The Morgan fingerprint density at radius 1 is 1.69 bits per heavy atom. The highest BCUT2D eigenvalue weighted by atomic mass is 16.4. The van der Waals surface area contributed by atoms with Crippen molar-refractivity contribution in [3.8, 4) is 0 Å². The summed E-state index contributed by atoms with van der Waals surface area (Å²) < 4.78 is 0. The Balaban J connectivity index is 2.25. The summed E-state index contributed by atoms with van der Waals surface area (Å²) in [5, 5.41) is 11.5. The topological polar surface area (TPSA) is 52.6 Å². The molecule has 1 aliphatic rings. The molecule has 0 spiro atoms. The minimum Gasteiger partial charge on any atom is -0.480 e. The van der Waals surface area contributed by atoms with Crippen LogP contribution in [0.15, 0.2) is 0 Å². The maximum atomic E-state index is 10.3. The molecule has 1 aliphatic heterocycles. The van der Waals surface area contributed by atoms with Crippen LogP contribution < -0.4 is 5.32 Å². The van der Waals surface area contributed by atoms with Crippen LogP contribution in [0.25, 0.3) is 0 Å². The van der Waals surface area contributed by atoms with Crippen LogP contribution in [0.5, 0.6) is 0 Å². The van der Waals surface area contributed by atoms with Gasteiger partial charge in [0.15, 0.2) is 0 Å². The molecule has 0 saturated carbocycles. The maximum absolute atomic E-state index is 10.3. The van der Waals surface area contributed by atoms with E-state index >= 15 is 0 Å². The normalized spacial score (nSPS) is 30.3. The van der Waals surface area contributed by atoms with E-state index in [9.17, 15) is 4.79 Å². The number of carboxylic acids is 1. The molecule has 1 saturated heterocycles. The van der Waals surface area contributed by atoms with Gasteiger partial charge >= 0.3 is 5.97 Å². The summed E-state index contributed by atoms with van der Waals surface area (Å²) in [6.07, 6.45) is 2.10. The predicted octanol–water partition coefficient (Wildman–Crippen LogP) is 0.143. The largest absolute Gasteiger partial charge is 0.480 e. The average Bonchev–Trinajstić information content (AvgIpc) is 2.07. The van der Waals surface area contributed by atoms with Gasteiger partial charge in [0.2, 0.25) is 0 Å². The van der Waals surface area contributed by atoms with E-state index in [2.05, 4.69) is 24.2 Å². The lowest BCUT2D eigenvalue weighted by molar-refractivity contribution is -0.136. The first-order chi connectivity index (χ1) is 6.09. The van der Waals surface area contributed by atoms with E-state index in [0.29, 0.717) is 12.1 Å². The summed E-state index contributed by atoms with van der Waals surface area (Å²) >= 11 is 0.